The van der Waals surface area contributed by atoms with Crippen molar-refractivity contribution >= 4 is 10.8 Å². The van der Waals surface area contributed by atoms with Gasteiger partial charge in [-0.05, 0) is 30.8 Å². The van der Waals surface area contributed by atoms with Gasteiger partial charge in [-0.15, -0.1) is 0 Å². The Morgan fingerprint density at radius 1 is 1.18 bits per heavy atom. The van der Waals surface area contributed by atoms with Gasteiger partial charge >= 0.3 is 0 Å². The monoisotopic (exact) mass is 301 g/mol. The molecule has 22 heavy (non-hydrogen) atoms. The number of aliphatic hydroxyl groups excluding tert-OH is 2. The number of piperidine rings is 1. The van der Waals surface area contributed by atoms with Gasteiger partial charge in [-0.3, -0.25) is 4.90 Å². The summed E-state index contributed by atoms with van der Waals surface area (Å²) in [6.07, 6.45) is 1.03. The lowest BCUT2D eigenvalue weighted by atomic mass is 10.1. The standard InChI is InChI=1S/C18H23NO3/c20-15-7-4-10-19(11-15)12-16(21)13-22-18-9-3-6-14-5-1-2-8-17(14)18/h1-3,5-6,8-9,15-16,20-21H,4,7,10-13H2/t15-,16-/m0/s1. The normalized spacial score (nSPS) is 20.9. The molecule has 1 saturated heterocycles. The van der Waals surface area contributed by atoms with Crippen molar-refractivity contribution in [2.24, 2.45) is 0 Å². The molecule has 0 aromatic heterocycles. The molecule has 118 valence electrons. The van der Waals surface area contributed by atoms with Crippen LogP contribution in [-0.4, -0.2) is 53.6 Å². The Hall–Kier alpha value is -1.62. The summed E-state index contributed by atoms with van der Waals surface area (Å²) in [6, 6.07) is 14.0. The maximum atomic E-state index is 10.2. The van der Waals surface area contributed by atoms with Gasteiger partial charge in [0.2, 0.25) is 0 Å². The first kappa shape index (κ1) is 15.3. The Balaban J connectivity index is 1.57. The van der Waals surface area contributed by atoms with Crippen molar-refractivity contribution in [1.29, 1.82) is 0 Å². The topological polar surface area (TPSA) is 52.9 Å². The molecule has 1 aliphatic heterocycles. The Bertz CT molecular complexity index is 611. The molecular formula is C18H23NO3. The number of benzene rings is 2. The van der Waals surface area contributed by atoms with Crippen molar-refractivity contribution < 1.29 is 14.9 Å². The Kier molecular flexibility index (Phi) is 4.93. The van der Waals surface area contributed by atoms with Gasteiger partial charge in [0.15, 0.2) is 0 Å². The molecule has 0 bridgehead atoms. The molecular weight excluding hydrogens is 278 g/mol. The lowest BCUT2D eigenvalue weighted by Gasteiger charge is -2.31. The van der Waals surface area contributed by atoms with Crippen molar-refractivity contribution in [3.8, 4) is 5.75 Å². The maximum absolute atomic E-state index is 10.2. The highest BCUT2D eigenvalue weighted by Gasteiger charge is 2.20. The molecule has 0 amide bonds. The molecule has 2 aromatic rings. The summed E-state index contributed by atoms with van der Waals surface area (Å²) in [4.78, 5) is 2.10. The summed E-state index contributed by atoms with van der Waals surface area (Å²) in [5.74, 6) is 0.802. The molecule has 4 nitrogen and oxygen atoms in total. The third-order valence-corrected chi connectivity index (χ3v) is 4.13. The van der Waals surface area contributed by atoms with Crippen LogP contribution >= 0.6 is 0 Å². The molecule has 4 heteroatoms. The lowest BCUT2D eigenvalue weighted by molar-refractivity contribution is 0.0245. The number of nitrogens with zero attached hydrogens (tertiary/aromatic N) is 1. The predicted molar refractivity (Wildman–Crippen MR) is 87.1 cm³/mol. The van der Waals surface area contributed by atoms with Gasteiger partial charge in [0.25, 0.3) is 0 Å². The summed E-state index contributed by atoms with van der Waals surface area (Å²) in [5.41, 5.74) is 0. The maximum Gasteiger partial charge on any atom is 0.127 e. The van der Waals surface area contributed by atoms with E-state index in [2.05, 4.69) is 4.90 Å². The molecule has 1 fully saturated rings. The highest BCUT2D eigenvalue weighted by Crippen LogP contribution is 2.25. The third kappa shape index (κ3) is 3.77. The number of β-amino-alcohol motifs (C(OH)–C–C–N with tert-alkyl or cyclic N) is 2. The Labute approximate surface area is 130 Å². The molecule has 0 saturated carbocycles. The van der Waals surface area contributed by atoms with Crippen LogP contribution in [0.15, 0.2) is 42.5 Å². The van der Waals surface area contributed by atoms with Crippen molar-refractivity contribution in [2.45, 2.75) is 25.0 Å². The average molecular weight is 301 g/mol. The van der Waals surface area contributed by atoms with Crippen LogP contribution in [0.5, 0.6) is 5.75 Å². The van der Waals surface area contributed by atoms with Crippen LogP contribution in [0.4, 0.5) is 0 Å². The quantitative estimate of drug-likeness (QED) is 0.887. The largest absolute Gasteiger partial charge is 0.490 e. The zero-order chi connectivity index (χ0) is 15.4. The summed E-state index contributed by atoms with van der Waals surface area (Å²) in [7, 11) is 0. The zero-order valence-corrected chi connectivity index (χ0v) is 12.7. The molecule has 2 aromatic carbocycles. The Morgan fingerprint density at radius 2 is 2.00 bits per heavy atom. The van der Waals surface area contributed by atoms with Crippen molar-refractivity contribution in [3.05, 3.63) is 42.5 Å². The van der Waals surface area contributed by atoms with Crippen molar-refractivity contribution in [2.75, 3.05) is 26.2 Å². The molecule has 0 unspecified atom stereocenters. The Morgan fingerprint density at radius 3 is 2.86 bits per heavy atom. The highest BCUT2D eigenvalue weighted by atomic mass is 16.5. The molecule has 2 N–H and O–H groups in total. The minimum Gasteiger partial charge on any atom is -0.490 e. The first-order chi connectivity index (χ1) is 10.7. The van der Waals surface area contributed by atoms with Gasteiger partial charge in [-0.2, -0.15) is 0 Å². The van der Waals surface area contributed by atoms with E-state index in [4.69, 9.17) is 4.74 Å². The second-order valence-electron chi connectivity index (χ2n) is 6.00. The fourth-order valence-corrected chi connectivity index (χ4v) is 3.06. The van der Waals surface area contributed by atoms with Gasteiger partial charge < -0.3 is 14.9 Å². The van der Waals surface area contributed by atoms with Crippen LogP contribution in [0, 0.1) is 0 Å². The van der Waals surface area contributed by atoms with Gasteiger partial charge in [-0.1, -0.05) is 36.4 Å². The van der Waals surface area contributed by atoms with E-state index >= 15 is 0 Å². The first-order valence-corrected chi connectivity index (χ1v) is 7.91. The van der Waals surface area contributed by atoms with E-state index in [1.807, 2.05) is 42.5 Å². The molecule has 0 aliphatic carbocycles. The van der Waals surface area contributed by atoms with E-state index in [0.29, 0.717) is 13.1 Å². The number of hydrogen-bond acceptors (Lipinski definition) is 4. The van der Waals surface area contributed by atoms with Gasteiger partial charge in [0, 0.05) is 18.5 Å². The molecule has 0 spiro atoms. The second-order valence-corrected chi connectivity index (χ2v) is 6.00. The van der Waals surface area contributed by atoms with E-state index in [0.717, 1.165) is 35.9 Å². The number of hydrogen-bond donors (Lipinski definition) is 2. The average Bonchev–Trinajstić information content (AvgIpc) is 2.53. The zero-order valence-electron chi connectivity index (χ0n) is 12.7. The lowest BCUT2D eigenvalue weighted by Crippen LogP contribution is -2.43. The first-order valence-electron chi connectivity index (χ1n) is 7.91. The summed E-state index contributed by atoms with van der Waals surface area (Å²) in [6.45, 7) is 2.39. The number of aliphatic hydroxyl groups is 2. The van der Waals surface area contributed by atoms with Crippen LogP contribution in [0.2, 0.25) is 0 Å². The summed E-state index contributed by atoms with van der Waals surface area (Å²) < 4.78 is 5.81. The molecule has 0 radical (unpaired) electrons. The van der Waals surface area contributed by atoms with Crippen molar-refractivity contribution in [1.82, 2.24) is 4.90 Å². The van der Waals surface area contributed by atoms with Gasteiger partial charge in [0.1, 0.15) is 18.5 Å². The SMILES string of the molecule is O[C@H](COc1cccc2ccccc12)CN1CCC[C@H](O)C1. The molecule has 2 atom stereocenters. The minimum absolute atomic E-state index is 0.264. The fourth-order valence-electron chi connectivity index (χ4n) is 3.06. The number of fused-ring (bicyclic) bond motifs is 1. The molecule has 3 rings (SSSR count). The van der Waals surface area contributed by atoms with Crippen LogP contribution in [0.25, 0.3) is 10.8 Å². The van der Waals surface area contributed by atoms with Crippen LogP contribution in [-0.2, 0) is 0 Å². The van der Waals surface area contributed by atoms with Gasteiger partial charge in [0.05, 0.1) is 6.10 Å². The summed E-state index contributed by atoms with van der Waals surface area (Å²) in [5, 5.41) is 22.0. The van der Waals surface area contributed by atoms with Gasteiger partial charge in [-0.25, -0.2) is 0 Å². The van der Waals surface area contributed by atoms with E-state index < -0.39 is 6.10 Å². The fraction of sp³-hybridized carbons (Fsp3) is 0.444. The minimum atomic E-state index is -0.552. The van der Waals surface area contributed by atoms with E-state index in [9.17, 15) is 10.2 Å². The van der Waals surface area contributed by atoms with Crippen LogP contribution in [0.1, 0.15) is 12.8 Å². The third-order valence-electron chi connectivity index (χ3n) is 4.13. The van der Waals surface area contributed by atoms with E-state index in [-0.39, 0.29) is 12.7 Å². The molecule has 1 heterocycles. The summed E-state index contributed by atoms with van der Waals surface area (Å²) >= 11 is 0. The second kappa shape index (κ2) is 7.09. The number of likely N-dealkylation sites (tertiary alicyclic amines) is 1. The molecule has 1 aliphatic rings. The number of ether oxygens (including phenoxy) is 1. The number of rotatable bonds is 5. The van der Waals surface area contributed by atoms with E-state index in [1.165, 1.54) is 0 Å². The van der Waals surface area contributed by atoms with E-state index in [1.54, 1.807) is 0 Å². The van der Waals surface area contributed by atoms with Crippen LogP contribution in [0.3, 0.4) is 0 Å². The highest BCUT2D eigenvalue weighted by molar-refractivity contribution is 5.88. The van der Waals surface area contributed by atoms with Crippen LogP contribution < -0.4 is 4.74 Å². The van der Waals surface area contributed by atoms with Crippen molar-refractivity contribution in [3.63, 3.8) is 0 Å². The smallest absolute Gasteiger partial charge is 0.127 e. The predicted octanol–water partition coefficient (Wildman–Crippen LogP) is 2.04.